The molecule has 7 heteroatoms. The summed E-state index contributed by atoms with van der Waals surface area (Å²) in [5.41, 5.74) is 0. The summed E-state index contributed by atoms with van der Waals surface area (Å²) in [6.07, 6.45) is 20.4. The van der Waals surface area contributed by atoms with Gasteiger partial charge in [-0.3, -0.25) is 9.59 Å². The second-order valence-corrected chi connectivity index (χ2v) is 9.71. The summed E-state index contributed by atoms with van der Waals surface area (Å²) in [5, 5.41) is 31.6. The Morgan fingerprint density at radius 2 is 1.15 bits per heavy atom. The van der Waals surface area contributed by atoms with E-state index in [2.05, 4.69) is 17.0 Å². The molecule has 202 valence electrons. The smallest absolute Gasteiger partial charge is 0.305 e. The van der Waals surface area contributed by atoms with E-state index in [1.54, 1.807) is 0 Å². The third-order valence-electron chi connectivity index (χ3n) is 6.51. The standard InChI is InChI=1S/C27H53NO6/c1-3-4-5-6-7-8-9-10-11-12-13-14-17-20-24(27(31,32)33)23-28-25(29)21-18-15-16-19-22-26(30)34-2/h24,31-33H,3-23H2,1-2H3,(H,28,29). The maximum atomic E-state index is 12.0. The summed E-state index contributed by atoms with van der Waals surface area (Å²) in [4.78, 5) is 23.1. The predicted octanol–water partition coefficient (Wildman–Crippen LogP) is 5.34. The second-order valence-electron chi connectivity index (χ2n) is 9.71. The number of carbonyl (C=O) groups is 2. The van der Waals surface area contributed by atoms with Crippen molar-refractivity contribution >= 4 is 11.9 Å². The van der Waals surface area contributed by atoms with Crippen molar-refractivity contribution < 1.29 is 29.6 Å². The topological polar surface area (TPSA) is 116 Å². The molecule has 1 atom stereocenters. The third kappa shape index (κ3) is 21.4. The van der Waals surface area contributed by atoms with Crippen molar-refractivity contribution in [3.8, 4) is 0 Å². The first-order chi connectivity index (χ1) is 16.3. The van der Waals surface area contributed by atoms with Gasteiger partial charge in [0.05, 0.1) is 13.0 Å². The average Bonchev–Trinajstić information content (AvgIpc) is 2.79. The van der Waals surface area contributed by atoms with Gasteiger partial charge in [-0.25, -0.2) is 0 Å². The van der Waals surface area contributed by atoms with Crippen molar-refractivity contribution in [3.05, 3.63) is 0 Å². The van der Waals surface area contributed by atoms with Crippen molar-refractivity contribution in [1.29, 1.82) is 0 Å². The first-order valence-corrected chi connectivity index (χ1v) is 13.8. The molecular weight excluding hydrogens is 434 g/mol. The zero-order valence-electron chi connectivity index (χ0n) is 22.0. The number of amides is 1. The lowest BCUT2D eigenvalue weighted by molar-refractivity contribution is -0.341. The molecule has 0 rings (SSSR count). The second kappa shape index (κ2) is 22.3. The Bertz CT molecular complexity index is 492. The molecule has 34 heavy (non-hydrogen) atoms. The molecule has 0 spiro atoms. The number of carbonyl (C=O) groups excluding carboxylic acids is 2. The quantitative estimate of drug-likeness (QED) is 0.0829. The highest BCUT2D eigenvalue weighted by Crippen LogP contribution is 2.20. The first kappa shape index (κ1) is 32.8. The molecule has 0 aromatic heterocycles. The predicted molar refractivity (Wildman–Crippen MR) is 136 cm³/mol. The minimum absolute atomic E-state index is 0.0446. The van der Waals surface area contributed by atoms with Crippen LogP contribution >= 0.6 is 0 Å². The zero-order valence-corrected chi connectivity index (χ0v) is 22.0. The van der Waals surface area contributed by atoms with E-state index in [0.29, 0.717) is 25.7 Å². The van der Waals surface area contributed by atoms with E-state index in [1.165, 1.54) is 71.3 Å². The van der Waals surface area contributed by atoms with Crippen LogP contribution in [0.3, 0.4) is 0 Å². The maximum absolute atomic E-state index is 12.0. The molecule has 0 bridgehead atoms. The van der Waals surface area contributed by atoms with E-state index >= 15 is 0 Å². The van der Waals surface area contributed by atoms with Gasteiger partial charge in [0.25, 0.3) is 5.97 Å². The summed E-state index contributed by atoms with van der Waals surface area (Å²) < 4.78 is 4.59. The summed E-state index contributed by atoms with van der Waals surface area (Å²) in [5.74, 6) is -3.96. The lowest BCUT2D eigenvalue weighted by Gasteiger charge is -2.26. The molecule has 4 N–H and O–H groups in total. The SMILES string of the molecule is CCCCCCCCCCCCCCCC(CNC(=O)CCCCCCC(=O)OC)C(O)(O)O. The van der Waals surface area contributed by atoms with Crippen molar-refractivity contribution in [2.75, 3.05) is 13.7 Å². The van der Waals surface area contributed by atoms with Crippen molar-refractivity contribution in [3.63, 3.8) is 0 Å². The summed E-state index contributed by atoms with van der Waals surface area (Å²) >= 11 is 0. The monoisotopic (exact) mass is 487 g/mol. The number of hydrogen-bond donors (Lipinski definition) is 4. The Morgan fingerprint density at radius 3 is 1.62 bits per heavy atom. The summed E-state index contributed by atoms with van der Waals surface area (Å²) in [7, 11) is 1.37. The molecule has 0 fully saturated rings. The molecular formula is C27H53NO6. The largest absolute Gasteiger partial charge is 0.469 e. The van der Waals surface area contributed by atoms with Gasteiger partial charge in [-0.15, -0.1) is 0 Å². The third-order valence-corrected chi connectivity index (χ3v) is 6.51. The van der Waals surface area contributed by atoms with E-state index in [9.17, 15) is 24.9 Å². The van der Waals surface area contributed by atoms with Crippen LogP contribution in [-0.2, 0) is 14.3 Å². The van der Waals surface area contributed by atoms with E-state index < -0.39 is 11.9 Å². The molecule has 0 aliphatic carbocycles. The molecule has 0 saturated heterocycles. The highest BCUT2D eigenvalue weighted by atomic mass is 16.7. The maximum Gasteiger partial charge on any atom is 0.305 e. The fraction of sp³-hybridized carbons (Fsp3) is 0.926. The van der Waals surface area contributed by atoms with Crippen LogP contribution in [0.15, 0.2) is 0 Å². The van der Waals surface area contributed by atoms with Gasteiger partial charge >= 0.3 is 5.97 Å². The lowest BCUT2D eigenvalue weighted by atomic mass is 9.97. The van der Waals surface area contributed by atoms with Gasteiger partial charge in [0.15, 0.2) is 0 Å². The van der Waals surface area contributed by atoms with Gasteiger partial charge < -0.3 is 25.4 Å². The molecule has 0 aliphatic rings. The van der Waals surface area contributed by atoms with Crippen LogP contribution < -0.4 is 5.32 Å². The minimum Gasteiger partial charge on any atom is -0.469 e. The number of unbranched alkanes of at least 4 members (excludes halogenated alkanes) is 15. The molecule has 1 unspecified atom stereocenters. The van der Waals surface area contributed by atoms with Crippen molar-refractivity contribution in [2.45, 2.75) is 141 Å². The Hall–Kier alpha value is -1.18. The first-order valence-electron chi connectivity index (χ1n) is 13.8. The van der Waals surface area contributed by atoms with E-state index in [1.807, 2.05) is 0 Å². The molecule has 0 aliphatic heterocycles. The lowest BCUT2D eigenvalue weighted by Crippen LogP contribution is -2.44. The van der Waals surface area contributed by atoms with Crippen LogP contribution in [0.1, 0.15) is 135 Å². The number of esters is 1. The fourth-order valence-electron chi connectivity index (χ4n) is 4.18. The van der Waals surface area contributed by atoms with Crippen molar-refractivity contribution in [1.82, 2.24) is 5.32 Å². The zero-order chi connectivity index (χ0) is 25.5. The van der Waals surface area contributed by atoms with E-state index in [4.69, 9.17) is 0 Å². The average molecular weight is 488 g/mol. The fourth-order valence-corrected chi connectivity index (χ4v) is 4.18. The molecule has 7 nitrogen and oxygen atoms in total. The van der Waals surface area contributed by atoms with Gasteiger partial charge in [0, 0.05) is 19.4 Å². The minimum atomic E-state index is -2.78. The molecule has 1 amide bonds. The Labute approximate surface area is 208 Å². The molecule has 0 heterocycles. The van der Waals surface area contributed by atoms with Gasteiger partial charge in [-0.05, 0) is 19.3 Å². The highest BCUT2D eigenvalue weighted by molar-refractivity contribution is 5.75. The molecule has 0 aromatic carbocycles. The van der Waals surface area contributed by atoms with Gasteiger partial charge in [0.2, 0.25) is 5.91 Å². The van der Waals surface area contributed by atoms with Gasteiger partial charge in [0.1, 0.15) is 0 Å². The number of ether oxygens (including phenoxy) is 1. The Kier molecular flexibility index (Phi) is 21.5. The van der Waals surface area contributed by atoms with Crippen LogP contribution in [0.25, 0.3) is 0 Å². The summed E-state index contributed by atoms with van der Waals surface area (Å²) in [6, 6.07) is 0. The number of rotatable bonds is 24. The van der Waals surface area contributed by atoms with E-state index in [0.717, 1.165) is 38.5 Å². The number of hydrogen-bond acceptors (Lipinski definition) is 6. The molecule has 0 saturated carbocycles. The normalized spacial score (nSPS) is 12.5. The highest BCUT2D eigenvalue weighted by Gasteiger charge is 2.31. The van der Waals surface area contributed by atoms with Gasteiger partial charge in [-0.2, -0.15) is 0 Å². The summed E-state index contributed by atoms with van der Waals surface area (Å²) in [6.45, 7) is 2.29. The van der Waals surface area contributed by atoms with Crippen LogP contribution in [-0.4, -0.2) is 46.8 Å². The van der Waals surface area contributed by atoms with Crippen LogP contribution in [0, 0.1) is 5.92 Å². The Morgan fingerprint density at radius 1 is 0.706 bits per heavy atom. The van der Waals surface area contributed by atoms with Crippen LogP contribution in [0.5, 0.6) is 0 Å². The van der Waals surface area contributed by atoms with Gasteiger partial charge in [-0.1, -0.05) is 103 Å². The molecule has 0 radical (unpaired) electrons. The van der Waals surface area contributed by atoms with Crippen molar-refractivity contribution in [2.24, 2.45) is 5.92 Å². The van der Waals surface area contributed by atoms with E-state index in [-0.39, 0.29) is 18.4 Å². The number of nitrogens with one attached hydrogen (secondary N) is 1. The van der Waals surface area contributed by atoms with Crippen LogP contribution in [0.2, 0.25) is 0 Å². The number of aliphatic hydroxyl groups is 3. The number of methoxy groups -OCH3 is 1. The Balaban J connectivity index is 3.76. The molecule has 0 aromatic rings. The van der Waals surface area contributed by atoms with Crippen LogP contribution in [0.4, 0.5) is 0 Å².